The lowest BCUT2D eigenvalue weighted by molar-refractivity contribution is 0.0600. The van der Waals surface area contributed by atoms with Gasteiger partial charge in [0.1, 0.15) is 0 Å². The predicted molar refractivity (Wildman–Crippen MR) is 62.8 cm³/mol. The molecule has 0 aliphatic heterocycles. The van der Waals surface area contributed by atoms with Gasteiger partial charge in [-0.15, -0.1) is 0 Å². The van der Waals surface area contributed by atoms with Crippen molar-refractivity contribution in [3.05, 3.63) is 34.9 Å². The lowest BCUT2D eigenvalue weighted by Crippen LogP contribution is -2.24. The highest BCUT2D eigenvalue weighted by Crippen LogP contribution is 2.11. The predicted octanol–water partition coefficient (Wildman–Crippen LogP) is 0.784. The van der Waals surface area contributed by atoms with Gasteiger partial charge in [-0.05, 0) is 24.1 Å². The minimum atomic E-state index is -0.749. The molecule has 0 aliphatic rings. The molecular formula is C11H13N3O3. The van der Waals surface area contributed by atoms with Crippen LogP contribution in [0.25, 0.3) is 0 Å². The van der Waals surface area contributed by atoms with Crippen molar-refractivity contribution in [2.75, 3.05) is 7.11 Å². The zero-order chi connectivity index (χ0) is 12.8. The quantitative estimate of drug-likeness (QED) is 0.460. The zero-order valence-electron chi connectivity index (χ0n) is 9.56. The van der Waals surface area contributed by atoms with Crippen LogP contribution in [0.2, 0.25) is 0 Å². The molecule has 0 unspecified atom stereocenters. The van der Waals surface area contributed by atoms with E-state index >= 15 is 0 Å². The second-order valence-corrected chi connectivity index (χ2v) is 3.30. The number of urea groups is 1. The highest BCUT2D eigenvalue weighted by atomic mass is 16.5. The Morgan fingerprint density at radius 3 is 2.76 bits per heavy atom. The lowest BCUT2D eigenvalue weighted by Gasteiger charge is -2.04. The van der Waals surface area contributed by atoms with Gasteiger partial charge in [0.25, 0.3) is 0 Å². The second kappa shape index (κ2) is 5.64. The van der Waals surface area contributed by atoms with Crippen LogP contribution in [-0.2, 0) is 4.74 Å². The fourth-order valence-electron chi connectivity index (χ4n) is 1.22. The first-order valence-corrected chi connectivity index (χ1v) is 4.82. The fourth-order valence-corrected chi connectivity index (χ4v) is 1.22. The standard InChI is InChI=1S/C11H13N3O3/c1-7-3-4-8(6-13-14-11(12)16)5-9(7)10(15)17-2/h3-6H,1-2H3,(H3,12,14,16). The molecule has 0 spiro atoms. The first-order valence-electron chi connectivity index (χ1n) is 4.82. The Kier molecular flexibility index (Phi) is 4.21. The zero-order valence-corrected chi connectivity index (χ0v) is 9.56. The molecule has 0 saturated heterocycles. The summed E-state index contributed by atoms with van der Waals surface area (Å²) in [5, 5.41) is 3.60. The number of aryl methyl sites for hydroxylation is 1. The number of methoxy groups -OCH3 is 1. The summed E-state index contributed by atoms with van der Waals surface area (Å²) < 4.78 is 4.64. The summed E-state index contributed by atoms with van der Waals surface area (Å²) >= 11 is 0. The van der Waals surface area contributed by atoms with Crippen LogP contribution in [0.5, 0.6) is 0 Å². The number of ether oxygens (including phenoxy) is 1. The average molecular weight is 235 g/mol. The number of hydrazone groups is 1. The fraction of sp³-hybridized carbons (Fsp3) is 0.182. The molecular weight excluding hydrogens is 222 g/mol. The van der Waals surface area contributed by atoms with E-state index in [1.54, 1.807) is 25.1 Å². The summed E-state index contributed by atoms with van der Waals surface area (Å²) in [6, 6.07) is 4.39. The molecule has 1 rings (SSSR count). The number of nitrogens with one attached hydrogen (secondary N) is 1. The molecule has 2 amide bonds. The van der Waals surface area contributed by atoms with Crippen molar-refractivity contribution in [2.45, 2.75) is 6.92 Å². The van der Waals surface area contributed by atoms with Gasteiger partial charge in [-0.2, -0.15) is 5.10 Å². The molecule has 90 valence electrons. The lowest BCUT2D eigenvalue weighted by atomic mass is 10.1. The number of rotatable bonds is 3. The molecule has 0 atom stereocenters. The summed E-state index contributed by atoms with van der Waals surface area (Å²) in [5.74, 6) is -0.416. The normalized spacial score (nSPS) is 10.2. The Hall–Kier alpha value is -2.37. The highest BCUT2D eigenvalue weighted by Gasteiger charge is 2.08. The minimum absolute atomic E-state index is 0.416. The van der Waals surface area contributed by atoms with Crippen LogP contribution in [0.15, 0.2) is 23.3 Å². The number of carbonyl (C=O) groups is 2. The Bertz CT molecular complexity index is 469. The van der Waals surface area contributed by atoms with Crippen molar-refractivity contribution in [3.8, 4) is 0 Å². The topological polar surface area (TPSA) is 93.8 Å². The summed E-state index contributed by atoms with van der Waals surface area (Å²) in [5.41, 5.74) is 8.82. The largest absolute Gasteiger partial charge is 0.465 e. The van der Waals surface area contributed by atoms with Gasteiger partial charge < -0.3 is 10.5 Å². The van der Waals surface area contributed by atoms with E-state index in [2.05, 4.69) is 15.3 Å². The molecule has 1 aromatic rings. The van der Waals surface area contributed by atoms with E-state index in [0.29, 0.717) is 11.1 Å². The molecule has 17 heavy (non-hydrogen) atoms. The van der Waals surface area contributed by atoms with Gasteiger partial charge in [-0.3, -0.25) is 0 Å². The number of amides is 2. The van der Waals surface area contributed by atoms with Gasteiger partial charge in [0.2, 0.25) is 0 Å². The van der Waals surface area contributed by atoms with Gasteiger partial charge >= 0.3 is 12.0 Å². The Labute approximate surface area is 98.4 Å². The minimum Gasteiger partial charge on any atom is -0.465 e. The van der Waals surface area contributed by atoms with Crippen LogP contribution in [0.3, 0.4) is 0 Å². The van der Waals surface area contributed by atoms with Gasteiger partial charge in [0.15, 0.2) is 0 Å². The Morgan fingerprint density at radius 1 is 1.47 bits per heavy atom. The van der Waals surface area contributed by atoms with E-state index in [1.807, 2.05) is 0 Å². The van der Waals surface area contributed by atoms with Crippen molar-refractivity contribution in [1.82, 2.24) is 5.43 Å². The summed E-state index contributed by atoms with van der Waals surface area (Å²) in [6.45, 7) is 1.80. The number of nitrogens with two attached hydrogens (primary N) is 1. The maximum absolute atomic E-state index is 11.4. The second-order valence-electron chi connectivity index (χ2n) is 3.30. The Morgan fingerprint density at radius 2 is 2.18 bits per heavy atom. The molecule has 0 heterocycles. The van der Waals surface area contributed by atoms with Gasteiger partial charge in [0, 0.05) is 0 Å². The molecule has 6 nitrogen and oxygen atoms in total. The maximum Gasteiger partial charge on any atom is 0.338 e. The van der Waals surface area contributed by atoms with E-state index in [-0.39, 0.29) is 0 Å². The van der Waals surface area contributed by atoms with Crippen LogP contribution < -0.4 is 11.2 Å². The molecule has 0 fully saturated rings. The monoisotopic (exact) mass is 235 g/mol. The van der Waals surface area contributed by atoms with Gasteiger partial charge in [-0.1, -0.05) is 12.1 Å². The summed E-state index contributed by atoms with van der Waals surface area (Å²) in [7, 11) is 1.32. The van der Waals surface area contributed by atoms with Crippen LogP contribution in [-0.4, -0.2) is 25.3 Å². The average Bonchev–Trinajstić information content (AvgIpc) is 2.30. The van der Waals surface area contributed by atoms with Crippen molar-refractivity contribution < 1.29 is 14.3 Å². The summed E-state index contributed by atoms with van der Waals surface area (Å²) in [4.78, 5) is 21.8. The molecule has 0 radical (unpaired) electrons. The van der Waals surface area contributed by atoms with Crippen LogP contribution in [0.1, 0.15) is 21.5 Å². The number of primary amides is 1. The molecule has 1 aromatic carbocycles. The van der Waals surface area contributed by atoms with Crippen LogP contribution >= 0.6 is 0 Å². The van der Waals surface area contributed by atoms with E-state index in [0.717, 1.165) is 5.56 Å². The third-order valence-electron chi connectivity index (χ3n) is 2.06. The molecule has 3 N–H and O–H groups in total. The van der Waals surface area contributed by atoms with E-state index in [1.165, 1.54) is 13.3 Å². The molecule has 0 aromatic heterocycles. The van der Waals surface area contributed by atoms with Crippen molar-refractivity contribution >= 4 is 18.2 Å². The van der Waals surface area contributed by atoms with E-state index in [9.17, 15) is 9.59 Å². The van der Waals surface area contributed by atoms with Crippen molar-refractivity contribution in [3.63, 3.8) is 0 Å². The third kappa shape index (κ3) is 3.60. The van der Waals surface area contributed by atoms with E-state index in [4.69, 9.17) is 5.73 Å². The first kappa shape index (κ1) is 12.7. The SMILES string of the molecule is COC(=O)c1cc(C=NNC(N)=O)ccc1C. The molecule has 0 bridgehead atoms. The number of nitrogens with zero attached hydrogens (tertiary/aromatic N) is 1. The number of carbonyl (C=O) groups excluding carboxylic acids is 2. The highest BCUT2D eigenvalue weighted by molar-refractivity contribution is 5.93. The number of hydrogen-bond acceptors (Lipinski definition) is 4. The van der Waals surface area contributed by atoms with Crippen LogP contribution in [0, 0.1) is 6.92 Å². The third-order valence-corrected chi connectivity index (χ3v) is 2.06. The molecule has 0 saturated carbocycles. The van der Waals surface area contributed by atoms with Gasteiger partial charge in [0.05, 0.1) is 18.9 Å². The first-order chi connectivity index (χ1) is 8.04. The van der Waals surface area contributed by atoms with Crippen molar-refractivity contribution in [2.24, 2.45) is 10.8 Å². The van der Waals surface area contributed by atoms with Crippen molar-refractivity contribution in [1.29, 1.82) is 0 Å². The molecule has 0 aliphatic carbocycles. The van der Waals surface area contributed by atoms with Crippen LogP contribution in [0.4, 0.5) is 4.79 Å². The van der Waals surface area contributed by atoms with Gasteiger partial charge in [-0.25, -0.2) is 15.0 Å². The summed E-state index contributed by atoms with van der Waals surface area (Å²) in [6.07, 6.45) is 1.39. The maximum atomic E-state index is 11.4. The number of benzene rings is 1. The van der Waals surface area contributed by atoms with E-state index < -0.39 is 12.0 Å². The number of hydrogen-bond donors (Lipinski definition) is 2. The Balaban J connectivity index is 2.92. The molecule has 6 heteroatoms. The number of esters is 1. The smallest absolute Gasteiger partial charge is 0.338 e.